The lowest BCUT2D eigenvalue weighted by atomic mass is 10.2. The quantitative estimate of drug-likeness (QED) is 0.642. The van der Waals surface area contributed by atoms with E-state index in [9.17, 15) is 0 Å². The molecule has 0 radical (unpaired) electrons. The second-order valence-electron chi connectivity index (χ2n) is 5.45. The summed E-state index contributed by atoms with van der Waals surface area (Å²) in [6.07, 6.45) is 3.10. The Morgan fingerprint density at radius 3 is 2.29 bits per heavy atom. The average molecular weight is 295 g/mol. The van der Waals surface area contributed by atoms with Gasteiger partial charge in [-0.2, -0.15) is 0 Å². The first-order valence-corrected chi connectivity index (χ1v) is 8.45. The van der Waals surface area contributed by atoms with Crippen molar-refractivity contribution in [3.8, 4) is 0 Å². The Labute approximate surface area is 130 Å². The van der Waals surface area contributed by atoms with Gasteiger partial charge in [0.2, 0.25) is 0 Å². The molecule has 0 amide bonds. The van der Waals surface area contributed by atoms with Crippen LogP contribution >= 0.6 is 0 Å². The molecule has 0 spiro atoms. The van der Waals surface area contributed by atoms with E-state index in [1.165, 1.54) is 18.5 Å². The van der Waals surface area contributed by atoms with Crippen molar-refractivity contribution in [1.29, 1.82) is 0 Å². The van der Waals surface area contributed by atoms with Gasteiger partial charge in [0.05, 0.1) is 12.8 Å². The topological polar surface area (TPSA) is 31.7 Å². The lowest BCUT2D eigenvalue weighted by Crippen LogP contribution is -2.29. The molecular weight excluding hydrogens is 262 g/mol. The van der Waals surface area contributed by atoms with Gasteiger partial charge in [0.1, 0.15) is 5.76 Å². The summed E-state index contributed by atoms with van der Waals surface area (Å²) in [6, 6.07) is 2.18. The van der Waals surface area contributed by atoms with Crippen molar-refractivity contribution in [2.45, 2.75) is 47.2 Å². The Hall–Kier alpha value is -0.840. The first kappa shape index (κ1) is 18.2. The van der Waals surface area contributed by atoms with Gasteiger partial charge in [-0.1, -0.05) is 27.7 Å². The van der Waals surface area contributed by atoms with E-state index in [1.54, 1.807) is 0 Å². The first-order valence-electron chi connectivity index (χ1n) is 8.45. The van der Waals surface area contributed by atoms with Crippen LogP contribution in [-0.2, 0) is 13.1 Å². The van der Waals surface area contributed by atoms with Gasteiger partial charge in [-0.05, 0) is 51.8 Å². The predicted molar refractivity (Wildman–Crippen MR) is 89.4 cm³/mol. The van der Waals surface area contributed by atoms with E-state index < -0.39 is 0 Å². The SMILES string of the molecule is CCNCc1coc(CN(CC)CCCN(CC)CC)c1. The molecular formula is C17H33N3O. The standard InChI is InChI=1S/C17H33N3O/c1-5-18-13-16-12-17(21-15-16)14-20(8-4)11-9-10-19(6-2)7-3/h12,15,18H,5-11,13-14H2,1-4H3. The Bertz CT molecular complexity index is 361. The molecule has 1 aromatic rings. The summed E-state index contributed by atoms with van der Waals surface area (Å²) in [5.41, 5.74) is 1.24. The Kier molecular flexibility index (Phi) is 9.39. The van der Waals surface area contributed by atoms with Crippen LogP contribution in [0.2, 0.25) is 0 Å². The zero-order valence-corrected chi connectivity index (χ0v) is 14.3. The van der Waals surface area contributed by atoms with Crippen LogP contribution in [-0.4, -0.2) is 49.1 Å². The van der Waals surface area contributed by atoms with Crippen molar-refractivity contribution in [3.63, 3.8) is 0 Å². The molecule has 1 N–H and O–H groups in total. The predicted octanol–water partition coefficient (Wildman–Crippen LogP) is 2.94. The fraction of sp³-hybridized carbons (Fsp3) is 0.765. The highest BCUT2D eigenvalue weighted by atomic mass is 16.3. The fourth-order valence-electron chi connectivity index (χ4n) is 2.50. The van der Waals surface area contributed by atoms with Crippen LogP contribution in [0.3, 0.4) is 0 Å². The molecule has 0 aliphatic carbocycles. The van der Waals surface area contributed by atoms with E-state index in [4.69, 9.17) is 4.42 Å². The van der Waals surface area contributed by atoms with Crippen molar-refractivity contribution in [3.05, 3.63) is 23.7 Å². The molecule has 0 fully saturated rings. The molecule has 1 aromatic heterocycles. The molecule has 122 valence electrons. The summed E-state index contributed by atoms with van der Waals surface area (Å²) in [5, 5.41) is 3.33. The third-order valence-corrected chi connectivity index (χ3v) is 3.96. The number of hydrogen-bond donors (Lipinski definition) is 1. The van der Waals surface area contributed by atoms with Crippen LogP contribution in [0.25, 0.3) is 0 Å². The minimum Gasteiger partial charge on any atom is -0.468 e. The molecule has 0 saturated carbocycles. The van der Waals surface area contributed by atoms with Crippen molar-refractivity contribution in [1.82, 2.24) is 15.1 Å². The first-order chi connectivity index (χ1) is 10.2. The zero-order chi connectivity index (χ0) is 15.5. The monoisotopic (exact) mass is 295 g/mol. The lowest BCUT2D eigenvalue weighted by Gasteiger charge is -2.22. The largest absolute Gasteiger partial charge is 0.468 e. The number of nitrogens with one attached hydrogen (secondary N) is 1. The maximum Gasteiger partial charge on any atom is 0.118 e. The molecule has 0 unspecified atom stereocenters. The molecule has 0 aliphatic heterocycles. The summed E-state index contributed by atoms with van der Waals surface area (Å²) < 4.78 is 5.67. The van der Waals surface area contributed by atoms with Crippen molar-refractivity contribution in [2.75, 3.05) is 39.3 Å². The third kappa shape index (κ3) is 7.11. The number of nitrogens with zero attached hydrogens (tertiary/aromatic N) is 2. The summed E-state index contributed by atoms with van der Waals surface area (Å²) in [5.74, 6) is 1.08. The fourth-order valence-corrected chi connectivity index (χ4v) is 2.50. The second kappa shape index (κ2) is 10.8. The summed E-state index contributed by atoms with van der Waals surface area (Å²) >= 11 is 0. The highest BCUT2D eigenvalue weighted by Crippen LogP contribution is 2.11. The van der Waals surface area contributed by atoms with E-state index in [1.807, 2.05) is 6.26 Å². The van der Waals surface area contributed by atoms with Gasteiger partial charge in [-0.25, -0.2) is 0 Å². The van der Waals surface area contributed by atoms with Crippen LogP contribution in [0, 0.1) is 0 Å². The average Bonchev–Trinajstić information content (AvgIpc) is 2.95. The highest BCUT2D eigenvalue weighted by molar-refractivity contribution is 5.12. The molecule has 1 heterocycles. The Morgan fingerprint density at radius 1 is 1.00 bits per heavy atom. The van der Waals surface area contributed by atoms with E-state index in [-0.39, 0.29) is 0 Å². The second-order valence-corrected chi connectivity index (χ2v) is 5.45. The van der Waals surface area contributed by atoms with E-state index in [2.05, 4.69) is 48.9 Å². The summed E-state index contributed by atoms with van der Waals surface area (Å²) in [6.45, 7) is 17.3. The maximum absolute atomic E-state index is 5.67. The van der Waals surface area contributed by atoms with Crippen molar-refractivity contribution in [2.24, 2.45) is 0 Å². The highest BCUT2D eigenvalue weighted by Gasteiger charge is 2.08. The van der Waals surface area contributed by atoms with Gasteiger partial charge in [-0.15, -0.1) is 0 Å². The van der Waals surface area contributed by atoms with Crippen LogP contribution in [0.5, 0.6) is 0 Å². The van der Waals surface area contributed by atoms with E-state index in [0.29, 0.717) is 0 Å². The molecule has 0 aliphatic rings. The lowest BCUT2D eigenvalue weighted by molar-refractivity contribution is 0.226. The normalized spacial score (nSPS) is 11.7. The molecule has 21 heavy (non-hydrogen) atoms. The van der Waals surface area contributed by atoms with Gasteiger partial charge in [0, 0.05) is 12.1 Å². The van der Waals surface area contributed by atoms with Gasteiger partial charge in [0.25, 0.3) is 0 Å². The van der Waals surface area contributed by atoms with Crippen molar-refractivity contribution < 1.29 is 4.42 Å². The molecule has 0 aromatic carbocycles. The molecule has 4 nitrogen and oxygen atoms in total. The van der Waals surface area contributed by atoms with E-state index >= 15 is 0 Å². The molecule has 0 saturated heterocycles. The van der Waals surface area contributed by atoms with Crippen LogP contribution in [0.15, 0.2) is 16.7 Å². The minimum absolute atomic E-state index is 0.897. The van der Waals surface area contributed by atoms with Gasteiger partial charge < -0.3 is 14.6 Å². The molecule has 4 heteroatoms. The van der Waals surface area contributed by atoms with Crippen LogP contribution in [0.4, 0.5) is 0 Å². The van der Waals surface area contributed by atoms with Gasteiger partial charge in [0.15, 0.2) is 0 Å². The summed E-state index contributed by atoms with van der Waals surface area (Å²) in [4.78, 5) is 4.94. The van der Waals surface area contributed by atoms with Gasteiger partial charge >= 0.3 is 0 Å². The smallest absolute Gasteiger partial charge is 0.118 e. The number of rotatable bonds is 12. The number of furan rings is 1. The molecule has 0 bridgehead atoms. The maximum atomic E-state index is 5.67. The Morgan fingerprint density at radius 2 is 1.67 bits per heavy atom. The minimum atomic E-state index is 0.897. The molecule has 0 atom stereocenters. The number of hydrogen-bond acceptors (Lipinski definition) is 4. The third-order valence-electron chi connectivity index (χ3n) is 3.96. The Balaban J connectivity index is 2.34. The van der Waals surface area contributed by atoms with Gasteiger partial charge in [-0.3, -0.25) is 4.90 Å². The molecule has 1 rings (SSSR count). The van der Waals surface area contributed by atoms with Crippen molar-refractivity contribution >= 4 is 0 Å². The summed E-state index contributed by atoms with van der Waals surface area (Å²) in [7, 11) is 0. The van der Waals surface area contributed by atoms with E-state index in [0.717, 1.165) is 51.6 Å². The van der Waals surface area contributed by atoms with Crippen LogP contribution in [0.1, 0.15) is 45.4 Å². The van der Waals surface area contributed by atoms with Crippen LogP contribution < -0.4 is 5.32 Å². The zero-order valence-electron chi connectivity index (χ0n) is 14.3.